The van der Waals surface area contributed by atoms with Crippen molar-refractivity contribution in [1.82, 2.24) is 0 Å². The molecule has 0 aliphatic carbocycles. The molecule has 0 aliphatic rings. The van der Waals surface area contributed by atoms with Crippen LogP contribution in [0.4, 0.5) is 0 Å². The van der Waals surface area contributed by atoms with Gasteiger partial charge in [0, 0.05) is 0 Å². The molecule has 0 fully saturated rings. The van der Waals surface area contributed by atoms with Crippen molar-refractivity contribution < 1.29 is 0 Å². The summed E-state index contributed by atoms with van der Waals surface area (Å²) in [6, 6.07) is 17.2. The summed E-state index contributed by atoms with van der Waals surface area (Å²) in [4.78, 5) is 0. The lowest BCUT2D eigenvalue weighted by molar-refractivity contribution is 1.15. The first-order valence-corrected chi connectivity index (χ1v) is 5.70. The highest BCUT2D eigenvalue weighted by Crippen LogP contribution is 2.15. The number of rotatable bonds is 3. The van der Waals surface area contributed by atoms with E-state index in [0.29, 0.717) is 0 Å². The summed E-state index contributed by atoms with van der Waals surface area (Å²) in [5.74, 6) is 0. The van der Waals surface area contributed by atoms with Crippen LogP contribution < -0.4 is 0 Å². The number of aryl methyl sites for hydroxylation is 2. The van der Waals surface area contributed by atoms with Crippen LogP contribution in [0.3, 0.4) is 0 Å². The van der Waals surface area contributed by atoms with Crippen molar-refractivity contribution in [2.24, 2.45) is 0 Å². The van der Waals surface area contributed by atoms with Crippen LogP contribution in [0.2, 0.25) is 0 Å². The highest BCUT2D eigenvalue weighted by molar-refractivity contribution is 5.36. The molecular weight excluding hydrogens is 192 g/mol. The summed E-state index contributed by atoms with van der Waals surface area (Å²) in [5.41, 5.74) is 5.39. The molecule has 0 saturated carbocycles. The highest BCUT2D eigenvalue weighted by atomic mass is 14.0. The number of benzene rings is 2. The van der Waals surface area contributed by atoms with Gasteiger partial charge in [0.1, 0.15) is 0 Å². The van der Waals surface area contributed by atoms with E-state index in [1.54, 1.807) is 0 Å². The summed E-state index contributed by atoms with van der Waals surface area (Å²) in [5, 5.41) is 0. The minimum absolute atomic E-state index is 1.00. The van der Waals surface area contributed by atoms with Crippen molar-refractivity contribution >= 4 is 0 Å². The minimum Gasteiger partial charge on any atom is -0.0622 e. The van der Waals surface area contributed by atoms with Crippen LogP contribution in [0.5, 0.6) is 0 Å². The normalized spacial score (nSPS) is 10.4. The quantitative estimate of drug-likeness (QED) is 0.714. The predicted octanol–water partition coefficient (Wildman–Crippen LogP) is 4.10. The van der Waals surface area contributed by atoms with Crippen LogP contribution >= 0.6 is 0 Å². The van der Waals surface area contributed by atoms with Gasteiger partial charge in [-0.05, 0) is 43.4 Å². The first-order chi connectivity index (χ1) is 7.75. The van der Waals surface area contributed by atoms with E-state index < -0.39 is 0 Å². The van der Waals surface area contributed by atoms with E-state index >= 15 is 0 Å². The van der Waals surface area contributed by atoms with Gasteiger partial charge in [-0.2, -0.15) is 0 Å². The smallest absolute Gasteiger partial charge is 0.00467 e. The van der Waals surface area contributed by atoms with E-state index in [2.05, 4.69) is 68.8 Å². The van der Waals surface area contributed by atoms with E-state index in [9.17, 15) is 0 Å². The molecule has 0 aliphatic heterocycles. The lowest BCUT2D eigenvalue weighted by Crippen LogP contribution is -1.92. The van der Waals surface area contributed by atoms with Gasteiger partial charge in [0.15, 0.2) is 0 Å². The van der Waals surface area contributed by atoms with Crippen molar-refractivity contribution in [2.75, 3.05) is 0 Å². The Morgan fingerprint density at radius 2 is 1.69 bits per heavy atom. The Bertz CT molecular complexity index is 455. The molecule has 0 amide bonds. The third kappa shape index (κ3) is 2.73. The largest absolute Gasteiger partial charge is 0.0622 e. The molecule has 0 spiro atoms. The Morgan fingerprint density at radius 3 is 2.38 bits per heavy atom. The second-order valence-corrected chi connectivity index (χ2v) is 4.25. The van der Waals surface area contributed by atoms with Gasteiger partial charge < -0.3 is 0 Å². The van der Waals surface area contributed by atoms with Crippen LogP contribution in [0.1, 0.15) is 22.3 Å². The molecule has 1 radical (unpaired) electrons. The lowest BCUT2D eigenvalue weighted by atomic mass is 9.99. The maximum atomic E-state index is 2.30. The molecule has 0 atom stereocenters. The topological polar surface area (TPSA) is 0 Å². The fourth-order valence-electron chi connectivity index (χ4n) is 1.90. The fraction of sp³-hybridized carbons (Fsp3) is 0.188. The highest BCUT2D eigenvalue weighted by Gasteiger charge is 1.99. The van der Waals surface area contributed by atoms with Crippen LogP contribution in [0, 0.1) is 20.3 Å². The predicted molar refractivity (Wildman–Crippen MR) is 69.5 cm³/mol. The second kappa shape index (κ2) is 4.98. The molecule has 0 aromatic heterocycles. The Hall–Kier alpha value is -1.56. The molecule has 16 heavy (non-hydrogen) atoms. The van der Waals surface area contributed by atoms with Gasteiger partial charge in [-0.1, -0.05) is 54.1 Å². The zero-order valence-corrected chi connectivity index (χ0v) is 9.90. The van der Waals surface area contributed by atoms with Gasteiger partial charge in [0.25, 0.3) is 0 Å². The molecular formula is C16H17. The Morgan fingerprint density at radius 1 is 0.938 bits per heavy atom. The molecule has 2 rings (SSSR count). The van der Waals surface area contributed by atoms with Gasteiger partial charge in [0.05, 0.1) is 0 Å². The molecule has 0 N–H and O–H groups in total. The second-order valence-electron chi connectivity index (χ2n) is 4.25. The molecule has 2 aromatic carbocycles. The monoisotopic (exact) mass is 209 g/mol. The molecule has 0 bridgehead atoms. The maximum absolute atomic E-state index is 2.30. The van der Waals surface area contributed by atoms with Crippen molar-refractivity contribution in [2.45, 2.75) is 20.3 Å². The van der Waals surface area contributed by atoms with Crippen LogP contribution in [0.15, 0.2) is 48.5 Å². The van der Waals surface area contributed by atoms with E-state index in [1.165, 1.54) is 22.3 Å². The zero-order valence-electron chi connectivity index (χ0n) is 9.90. The number of hydrogen-bond donors (Lipinski definition) is 0. The summed E-state index contributed by atoms with van der Waals surface area (Å²) in [7, 11) is 0. The fourth-order valence-corrected chi connectivity index (χ4v) is 1.90. The van der Waals surface area contributed by atoms with Crippen LogP contribution in [-0.4, -0.2) is 0 Å². The summed E-state index contributed by atoms with van der Waals surface area (Å²) in [6.07, 6.45) is 3.30. The average Bonchev–Trinajstić information content (AvgIpc) is 2.29. The maximum Gasteiger partial charge on any atom is -0.00467 e. The minimum atomic E-state index is 1.00. The number of hydrogen-bond acceptors (Lipinski definition) is 0. The SMILES string of the molecule is Cc1ccc([CH]Cc2ccccc2)c(C)c1. The molecule has 0 unspecified atom stereocenters. The lowest BCUT2D eigenvalue weighted by Gasteiger charge is -2.06. The zero-order chi connectivity index (χ0) is 11.4. The van der Waals surface area contributed by atoms with Crippen molar-refractivity contribution in [3.05, 3.63) is 77.2 Å². The Kier molecular flexibility index (Phi) is 3.40. The van der Waals surface area contributed by atoms with Gasteiger partial charge in [-0.25, -0.2) is 0 Å². The summed E-state index contributed by atoms with van der Waals surface area (Å²) >= 11 is 0. The van der Waals surface area contributed by atoms with Gasteiger partial charge >= 0.3 is 0 Å². The third-order valence-corrected chi connectivity index (χ3v) is 2.83. The van der Waals surface area contributed by atoms with Crippen molar-refractivity contribution in [3.8, 4) is 0 Å². The molecule has 81 valence electrons. The van der Waals surface area contributed by atoms with Crippen molar-refractivity contribution in [1.29, 1.82) is 0 Å². The molecule has 0 nitrogen and oxygen atoms in total. The first kappa shape index (κ1) is 10.9. The van der Waals surface area contributed by atoms with Crippen LogP contribution in [0.25, 0.3) is 0 Å². The van der Waals surface area contributed by atoms with E-state index in [-0.39, 0.29) is 0 Å². The van der Waals surface area contributed by atoms with Gasteiger partial charge in [-0.3, -0.25) is 0 Å². The standard InChI is InChI=1S/C16H17/c1-13-8-10-16(14(2)12-13)11-9-15-6-4-3-5-7-15/h3-8,10-12H,9H2,1-2H3. The summed E-state index contributed by atoms with van der Waals surface area (Å²) in [6.45, 7) is 4.30. The molecule has 2 aromatic rings. The average molecular weight is 209 g/mol. The van der Waals surface area contributed by atoms with Crippen LogP contribution in [-0.2, 0) is 6.42 Å². The Balaban J connectivity index is 2.05. The van der Waals surface area contributed by atoms with Gasteiger partial charge in [-0.15, -0.1) is 0 Å². The van der Waals surface area contributed by atoms with E-state index in [4.69, 9.17) is 0 Å². The third-order valence-electron chi connectivity index (χ3n) is 2.83. The van der Waals surface area contributed by atoms with E-state index in [0.717, 1.165) is 6.42 Å². The first-order valence-electron chi connectivity index (χ1n) is 5.70. The summed E-state index contributed by atoms with van der Waals surface area (Å²) < 4.78 is 0. The van der Waals surface area contributed by atoms with Gasteiger partial charge in [0.2, 0.25) is 0 Å². The Labute approximate surface area is 97.9 Å². The molecule has 0 saturated heterocycles. The van der Waals surface area contributed by atoms with Crippen molar-refractivity contribution in [3.63, 3.8) is 0 Å². The molecule has 0 heterocycles. The molecule has 0 heteroatoms. The van der Waals surface area contributed by atoms with E-state index in [1.807, 2.05) is 0 Å².